The second kappa shape index (κ2) is 68.0. The van der Waals surface area contributed by atoms with Crippen LogP contribution in [0.4, 0.5) is 0 Å². The first-order valence-corrected chi connectivity index (χ1v) is 33.1. The normalized spacial score (nSPS) is 18.1. The molecule has 40 nitrogen and oxygen atoms in total. The monoisotopic (exact) mass is 1480 g/mol. The Morgan fingerprint density at radius 3 is 0.500 bits per heavy atom. The van der Waals surface area contributed by atoms with E-state index in [9.17, 15) is 91.9 Å². The van der Waals surface area contributed by atoms with Crippen LogP contribution < -0.4 is 0 Å². The highest BCUT2D eigenvalue weighted by Gasteiger charge is 2.26. The zero-order valence-electron chi connectivity index (χ0n) is 57.1. The van der Waals surface area contributed by atoms with E-state index >= 15 is 0 Å². The summed E-state index contributed by atoms with van der Waals surface area (Å²) in [5.41, 5.74) is 0. The summed E-state index contributed by atoms with van der Waals surface area (Å²) < 4.78 is 110. The van der Waals surface area contributed by atoms with Crippen LogP contribution in [-0.2, 0) is 90.0 Å². The van der Waals surface area contributed by atoms with Crippen molar-refractivity contribution >= 4 is 0 Å². The van der Waals surface area contributed by atoms with Crippen LogP contribution in [0, 0.1) is 0 Å². The molecular formula is C60H122O40. The van der Waals surface area contributed by atoms with Crippen LogP contribution in [0.1, 0.15) is 6.42 Å². The van der Waals surface area contributed by atoms with Crippen molar-refractivity contribution in [1.29, 1.82) is 0 Å². The predicted octanol–water partition coefficient (Wildman–Crippen LogP) is -12.5. The molecule has 0 spiro atoms. The quantitative estimate of drug-likeness (QED) is 0.0251. The van der Waals surface area contributed by atoms with E-state index in [2.05, 4.69) is 0 Å². The summed E-state index contributed by atoms with van der Waals surface area (Å²) in [6.07, 6.45) is -21.6. The van der Waals surface area contributed by atoms with E-state index in [0.29, 0.717) is 6.42 Å². The number of hydrogen-bond acceptors (Lipinski definition) is 40. The molecule has 19 atom stereocenters. The van der Waals surface area contributed by atoms with E-state index in [1.807, 2.05) is 0 Å². The smallest absolute Gasteiger partial charge is 0.104 e. The van der Waals surface area contributed by atoms with Gasteiger partial charge in [0.15, 0.2) is 0 Å². The average molecular weight is 1480 g/mol. The molecule has 0 rings (SSSR count). The summed E-state index contributed by atoms with van der Waals surface area (Å²) in [4.78, 5) is 0. The Bertz CT molecular complexity index is 1700. The summed E-state index contributed by atoms with van der Waals surface area (Å²) >= 11 is 0. The molecule has 40 heteroatoms. The van der Waals surface area contributed by atoms with E-state index < -0.39 is 169 Å². The molecule has 19 unspecified atom stereocenters. The third kappa shape index (κ3) is 59.5. The van der Waals surface area contributed by atoms with Crippen molar-refractivity contribution in [3.63, 3.8) is 0 Å². The lowest BCUT2D eigenvalue weighted by molar-refractivity contribution is -0.159. The highest BCUT2D eigenvalue weighted by molar-refractivity contribution is 4.71. The van der Waals surface area contributed by atoms with Crippen LogP contribution in [0.2, 0.25) is 0 Å². The zero-order valence-corrected chi connectivity index (χ0v) is 57.1. The molecule has 21 N–H and O–H groups in total. The van der Waals surface area contributed by atoms with Crippen molar-refractivity contribution in [2.75, 3.05) is 264 Å². The molecule has 0 saturated carbocycles. The van der Waals surface area contributed by atoms with Crippen molar-refractivity contribution in [1.82, 2.24) is 0 Å². The van der Waals surface area contributed by atoms with Crippen molar-refractivity contribution < 1.29 is 197 Å². The average Bonchev–Trinajstić information content (AvgIpc) is 2.79. The van der Waals surface area contributed by atoms with Crippen LogP contribution >= 0.6 is 0 Å². The Morgan fingerprint density at radius 1 is 0.150 bits per heavy atom. The predicted molar refractivity (Wildman–Crippen MR) is 338 cm³/mol. The van der Waals surface area contributed by atoms with Crippen molar-refractivity contribution in [2.45, 2.75) is 122 Å². The molecule has 0 aliphatic rings. The molecule has 0 aromatic rings. The highest BCUT2D eigenvalue weighted by atomic mass is 16.6. The first kappa shape index (κ1) is 98.4. The van der Waals surface area contributed by atoms with Gasteiger partial charge in [0.1, 0.15) is 116 Å². The third-order valence-electron chi connectivity index (χ3n) is 12.8. The van der Waals surface area contributed by atoms with E-state index in [0.717, 1.165) is 0 Å². The second-order valence-electron chi connectivity index (χ2n) is 23.1. The summed E-state index contributed by atoms with van der Waals surface area (Å²) in [6.45, 7) is -13.9. The van der Waals surface area contributed by atoms with Crippen LogP contribution in [0.5, 0.6) is 0 Å². The van der Waals surface area contributed by atoms with Crippen molar-refractivity contribution in [3.05, 3.63) is 0 Å². The topological polar surface area (TPSA) is 600 Å². The molecule has 0 fully saturated rings. The maximum absolute atomic E-state index is 10.7. The lowest BCUT2D eigenvalue weighted by Crippen LogP contribution is -2.39. The fourth-order valence-corrected chi connectivity index (χ4v) is 7.42. The van der Waals surface area contributed by atoms with Crippen LogP contribution in [-0.4, -0.2) is 487 Å². The fraction of sp³-hybridized carbons (Fsp3) is 1.00. The van der Waals surface area contributed by atoms with Crippen LogP contribution in [0.25, 0.3) is 0 Å². The van der Waals surface area contributed by atoms with E-state index in [-0.39, 0.29) is 211 Å². The highest BCUT2D eigenvalue weighted by Crippen LogP contribution is 2.12. The molecule has 0 amide bonds. The maximum Gasteiger partial charge on any atom is 0.104 e. The van der Waals surface area contributed by atoms with Gasteiger partial charge in [0.2, 0.25) is 0 Å². The van der Waals surface area contributed by atoms with E-state index in [4.69, 9.17) is 105 Å². The Hall–Kier alpha value is -1.60. The lowest BCUT2D eigenvalue weighted by atomic mass is 10.3. The van der Waals surface area contributed by atoms with Gasteiger partial charge in [-0.3, -0.25) is 0 Å². The van der Waals surface area contributed by atoms with Gasteiger partial charge in [0, 0.05) is 13.2 Å². The minimum absolute atomic E-state index is 0.126. The molecular weight excluding hydrogens is 1360 g/mol. The maximum atomic E-state index is 10.7. The molecule has 0 aliphatic carbocycles. The van der Waals surface area contributed by atoms with Gasteiger partial charge in [-0.1, -0.05) is 0 Å². The largest absolute Gasteiger partial charge is 0.396 e. The molecule has 0 aromatic carbocycles. The van der Waals surface area contributed by atoms with Crippen molar-refractivity contribution in [3.8, 4) is 0 Å². The first-order chi connectivity index (χ1) is 48.2. The minimum atomic E-state index is -1.32. The Morgan fingerprint density at radius 2 is 0.290 bits per heavy atom. The Kier molecular flexibility index (Phi) is 66.9. The Balaban J connectivity index is 7.07. The summed E-state index contributed by atoms with van der Waals surface area (Å²) in [5, 5.41) is 205. The van der Waals surface area contributed by atoms with Gasteiger partial charge in [0.05, 0.1) is 251 Å². The summed E-state index contributed by atoms with van der Waals surface area (Å²) in [5.74, 6) is 0. The summed E-state index contributed by atoms with van der Waals surface area (Å²) in [7, 11) is 0. The van der Waals surface area contributed by atoms with Gasteiger partial charge in [-0.25, -0.2) is 0 Å². The molecule has 0 radical (unpaired) electrons. The van der Waals surface area contributed by atoms with Gasteiger partial charge >= 0.3 is 0 Å². The molecule has 100 heavy (non-hydrogen) atoms. The second-order valence-corrected chi connectivity index (χ2v) is 23.1. The van der Waals surface area contributed by atoms with Crippen molar-refractivity contribution in [2.24, 2.45) is 0 Å². The van der Waals surface area contributed by atoms with Gasteiger partial charge in [-0.2, -0.15) is 0 Å². The van der Waals surface area contributed by atoms with Gasteiger partial charge in [-0.15, -0.1) is 0 Å². The first-order valence-electron chi connectivity index (χ1n) is 33.1. The number of aliphatic hydroxyl groups is 21. The lowest BCUT2D eigenvalue weighted by Gasteiger charge is -2.28. The van der Waals surface area contributed by atoms with E-state index in [1.165, 1.54) is 0 Å². The standard InChI is InChI=1S/C60H122O40/c61-2-1-3-82-19-50(78)21-91-35-58(96-27-53(81)24-85-14-44(72)6-64)39-99-60(37-93-31-54(94-25-49(77)11-69)28-90-22-51(79)20-83-12-42(70)4-62)41-100-59(36-89-18-48(76)10-68)40-98-56(30-87-16-46(74)8-66)33-92-32-55(29-86-15-45(73)7-65)97-38-57(34-88-17-47(75)9-67)95-26-52(80)23-84-13-43(71)5-63/h42-81H,1-41H2. The molecule has 0 bridgehead atoms. The molecule has 0 saturated heterocycles. The SMILES string of the molecule is OCCCOCC(O)COCC(COC(COCC(COCC(O)COCC(O)CO)OCC(O)CO)COC(COCC(O)CO)COC(COCC(O)CO)COCC(COCC(O)CO)OCC(COCC(O)CO)OCC(O)COCC(O)CO)OCC(O)COCC(O)CO. The van der Waals surface area contributed by atoms with Gasteiger partial charge in [-0.05, 0) is 6.42 Å². The fourth-order valence-electron chi connectivity index (χ4n) is 7.42. The number of aliphatic hydroxyl groups excluding tert-OH is 21. The van der Waals surface area contributed by atoms with Gasteiger partial charge < -0.3 is 197 Å². The summed E-state index contributed by atoms with van der Waals surface area (Å²) in [6, 6.07) is 0. The van der Waals surface area contributed by atoms with Gasteiger partial charge in [0.25, 0.3) is 0 Å². The number of rotatable bonds is 78. The molecule has 602 valence electrons. The minimum Gasteiger partial charge on any atom is -0.396 e. The number of hydrogen-bond donors (Lipinski definition) is 21. The molecule has 0 aliphatic heterocycles. The number of ether oxygens (including phenoxy) is 19. The third-order valence-corrected chi connectivity index (χ3v) is 12.8. The van der Waals surface area contributed by atoms with Crippen LogP contribution in [0.15, 0.2) is 0 Å². The molecule has 0 aromatic heterocycles. The Labute approximate surface area is 582 Å². The molecule has 0 heterocycles. The zero-order chi connectivity index (χ0) is 74.4. The van der Waals surface area contributed by atoms with Crippen LogP contribution in [0.3, 0.4) is 0 Å². The van der Waals surface area contributed by atoms with E-state index in [1.54, 1.807) is 0 Å².